The predicted molar refractivity (Wildman–Crippen MR) is 94.5 cm³/mol. The van der Waals surface area contributed by atoms with E-state index in [2.05, 4.69) is 28.8 Å². The molecule has 0 spiro atoms. The second-order valence-corrected chi connectivity index (χ2v) is 7.41. The minimum absolute atomic E-state index is 0.233. The van der Waals surface area contributed by atoms with Crippen LogP contribution in [-0.4, -0.2) is 18.4 Å². The molecule has 0 radical (unpaired) electrons. The fraction of sp³-hybridized carbons (Fsp3) is 0.632. The first-order valence-corrected chi connectivity index (χ1v) is 8.59. The van der Waals surface area contributed by atoms with E-state index in [0.717, 1.165) is 11.4 Å². The molecule has 0 amide bonds. The molecular formula is C19H30N2O. The predicted octanol–water partition coefficient (Wildman–Crippen LogP) is 4.85. The van der Waals surface area contributed by atoms with Crippen molar-refractivity contribution in [2.75, 3.05) is 17.2 Å². The van der Waals surface area contributed by atoms with E-state index >= 15 is 0 Å². The number of hydrogen-bond donors (Lipinski definition) is 2. The average molecular weight is 302 g/mol. The van der Waals surface area contributed by atoms with Gasteiger partial charge in [0.2, 0.25) is 0 Å². The topological polar surface area (TPSA) is 41.1 Å². The van der Waals surface area contributed by atoms with Crippen molar-refractivity contribution in [1.82, 2.24) is 0 Å². The number of carbonyl (C=O) groups is 1. The van der Waals surface area contributed by atoms with Gasteiger partial charge in [0.1, 0.15) is 0 Å². The number of anilines is 2. The first kappa shape index (κ1) is 16.9. The molecule has 2 rings (SSSR count). The highest BCUT2D eigenvalue weighted by atomic mass is 16.1. The fourth-order valence-electron chi connectivity index (χ4n) is 2.85. The summed E-state index contributed by atoms with van der Waals surface area (Å²) in [6.07, 6.45) is 7.84. The second kappa shape index (κ2) is 7.66. The molecule has 2 N–H and O–H groups in total. The third kappa shape index (κ3) is 5.04. The lowest BCUT2D eigenvalue weighted by Gasteiger charge is -2.22. The number of hydrogen-bond acceptors (Lipinski definition) is 3. The maximum Gasteiger partial charge on any atom is 0.157 e. The van der Waals surface area contributed by atoms with Crippen molar-refractivity contribution in [2.45, 2.75) is 65.3 Å². The highest BCUT2D eigenvalue weighted by Gasteiger charge is 2.21. The van der Waals surface area contributed by atoms with Crippen LogP contribution < -0.4 is 10.6 Å². The molecule has 0 aromatic heterocycles. The summed E-state index contributed by atoms with van der Waals surface area (Å²) in [5.41, 5.74) is 1.86. The number of Topliss-reactive ketones (excluding diaryl/α,β-unsaturated/α-hetero) is 1. The van der Waals surface area contributed by atoms with Gasteiger partial charge in [-0.15, -0.1) is 0 Å². The van der Waals surface area contributed by atoms with Gasteiger partial charge in [-0.2, -0.15) is 0 Å². The first-order chi connectivity index (χ1) is 10.5. The lowest BCUT2D eigenvalue weighted by Crippen LogP contribution is -2.28. The van der Waals surface area contributed by atoms with Gasteiger partial charge in [0.05, 0.1) is 17.9 Å². The summed E-state index contributed by atoms with van der Waals surface area (Å²) < 4.78 is 0. The van der Waals surface area contributed by atoms with Crippen molar-refractivity contribution in [3.63, 3.8) is 0 Å². The Labute approximate surface area is 134 Å². The average Bonchev–Trinajstić information content (AvgIpc) is 2.73. The Kier molecular flexibility index (Phi) is 5.87. The van der Waals surface area contributed by atoms with Crippen LogP contribution in [0.15, 0.2) is 24.3 Å². The van der Waals surface area contributed by atoms with Crippen LogP contribution in [0.2, 0.25) is 0 Å². The van der Waals surface area contributed by atoms with Gasteiger partial charge >= 0.3 is 0 Å². The van der Waals surface area contributed by atoms with E-state index in [0.29, 0.717) is 12.6 Å². The van der Waals surface area contributed by atoms with Crippen molar-refractivity contribution in [3.8, 4) is 0 Å². The van der Waals surface area contributed by atoms with Crippen LogP contribution in [0.1, 0.15) is 59.3 Å². The lowest BCUT2D eigenvalue weighted by molar-refractivity contribution is -0.124. The quantitative estimate of drug-likeness (QED) is 0.764. The Hall–Kier alpha value is -1.51. The van der Waals surface area contributed by atoms with E-state index < -0.39 is 0 Å². The third-order valence-electron chi connectivity index (χ3n) is 4.42. The van der Waals surface area contributed by atoms with E-state index in [1.165, 1.54) is 38.5 Å². The van der Waals surface area contributed by atoms with Crippen LogP contribution in [0.3, 0.4) is 0 Å². The summed E-state index contributed by atoms with van der Waals surface area (Å²) in [5, 5.41) is 6.99. The first-order valence-electron chi connectivity index (χ1n) is 8.59. The van der Waals surface area contributed by atoms with Gasteiger partial charge in [-0.1, -0.05) is 58.6 Å². The van der Waals surface area contributed by atoms with E-state index in [9.17, 15) is 4.79 Å². The van der Waals surface area contributed by atoms with Gasteiger partial charge in [-0.3, -0.25) is 4.79 Å². The van der Waals surface area contributed by atoms with Gasteiger partial charge in [-0.25, -0.2) is 0 Å². The van der Waals surface area contributed by atoms with E-state index in [1.54, 1.807) is 0 Å². The molecule has 0 saturated heterocycles. The van der Waals surface area contributed by atoms with Gasteiger partial charge in [0.15, 0.2) is 5.78 Å². The summed E-state index contributed by atoms with van der Waals surface area (Å²) in [7, 11) is 0. The Balaban J connectivity index is 1.98. The van der Waals surface area contributed by atoms with Crippen molar-refractivity contribution < 1.29 is 4.79 Å². The van der Waals surface area contributed by atoms with Crippen LogP contribution in [0.25, 0.3) is 0 Å². The Morgan fingerprint density at radius 1 is 1.05 bits per heavy atom. The van der Waals surface area contributed by atoms with Crippen molar-refractivity contribution in [3.05, 3.63) is 24.3 Å². The Bertz CT molecular complexity index is 482. The number of rotatable bonds is 5. The minimum Gasteiger partial charge on any atom is -0.381 e. The van der Waals surface area contributed by atoms with E-state index in [-0.39, 0.29) is 11.2 Å². The molecule has 1 aliphatic rings. The maximum atomic E-state index is 12.1. The summed E-state index contributed by atoms with van der Waals surface area (Å²) in [4.78, 5) is 12.1. The molecule has 0 bridgehead atoms. The maximum absolute atomic E-state index is 12.1. The molecule has 0 heterocycles. The number of carbonyl (C=O) groups excluding carboxylic acids is 1. The lowest BCUT2D eigenvalue weighted by atomic mass is 9.91. The van der Waals surface area contributed by atoms with Crippen molar-refractivity contribution >= 4 is 17.2 Å². The molecule has 3 nitrogen and oxygen atoms in total. The smallest absolute Gasteiger partial charge is 0.157 e. The molecule has 122 valence electrons. The summed E-state index contributed by atoms with van der Waals surface area (Å²) in [6.45, 7) is 6.28. The highest BCUT2D eigenvalue weighted by Crippen LogP contribution is 2.26. The molecular weight excluding hydrogens is 272 g/mol. The SMILES string of the molecule is CC(C)(C)C(=O)CNc1ccccc1NC1CCCCCC1. The van der Waals surface area contributed by atoms with Crippen molar-refractivity contribution in [2.24, 2.45) is 5.41 Å². The van der Waals surface area contributed by atoms with Gasteiger partial charge in [-0.05, 0) is 25.0 Å². The van der Waals surface area contributed by atoms with E-state index in [1.807, 2.05) is 26.8 Å². The van der Waals surface area contributed by atoms with Crippen LogP contribution >= 0.6 is 0 Å². The molecule has 22 heavy (non-hydrogen) atoms. The van der Waals surface area contributed by atoms with Gasteiger partial charge < -0.3 is 10.6 Å². The minimum atomic E-state index is -0.295. The van der Waals surface area contributed by atoms with Crippen molar-refractivity contribution in [1.29, 1.82) is 0 Å². The van der Waals surface area contributed by atoms with Crippen LogP contribution in [0.4, 0.5) is 11.4 Å². The molecule has 1 fully saturated rings. The molecule has 3 heteroatoms. The fourth-order valence-corrected chi connectivity index (χ4v) is 2.85. The Morgan fingerprint density at radius 3 is 2.23 bits per heavy atom. The summed E-state index contributed by atoms with van der Waals surface area (Å²) in [5.74, 6) is 0.233. The number of nitrogens with one attached hydrogen (secondary N) is 2. The number of ketones is 1. The molecule has 0 atom stereocenters. The number of benzene rings is 1. The molecule has 1 saturated carbocycles. The molecule has 1 aromatic carbocycles. The van der Waals surface area contributed by atoms with E-state index in [4.69, 9.17) is 0 Å². The molecule has 0 unspecified atom stereocenters. The highest BCUT2D eigenvalue weighted by molar-refractivity contribution is 5.88. The molecule has 1 aromatic rings. The molecule has 1 aliphatic carbocycles. The van der Waals surface area contributed by atoms with Crippen LogP contribution in [-0.2, 0) is 4.79 Å². The normalized spacial score (nSPS) is 16.9. The van der Waals surface area contributed by atoms with Gasteiger partial charge in [0, 0.05) is 11.5 Å². The van der Waals surface area contributed by atoms with Crippen LogP contribution in [0.5, 0.6) is 0 Å². The third-order valence-corrected chi connectivity index (χ3v) is 4.42. The van der Waals surface area contributed by atoms with Gasteiger partial charge in [0.25, 0.3) is 0 Å². The zero-order chi connectivity index (χ0) is 16.0. The largest absolute Gasteiger partial charge is 0.381 e. The number of para-hydroxylation sites is 2. The Morgan fingerprint density at radius 2 is 1.64 bits per heavy atom. The zero-order valence-electron chi connectivity index (χ0n) is 14.2. The summed E-state index contributed by atoms with van der Waals surface area (Å²) in [6, 6.07) is 8.78. The van der Waals surface area contributed by atoms with Crippen LogP contribution in [0, 0.1) is 5.41 Å². The summed E-state index contributed by atoms with van der Waals surface area (Å²) >= 11 is 0. The standard InChI is InChI=1S/C19H30N2O/c1-19(2,3)18(22)14-20-16-12-8-9-13-17(16)21-15-10-6-4-5-7-11-15/h8-9,12-13,15,20-21H,4-7,10-11,14H2,1-3H3. The molecule has 0 aliphatic heterocycles. The zero-order valence-corrected chi connectivity index (χ0v) is 14.2. The monoisotopic (exact) mass is 302 g/mol. The second-order valence-electron chi connectivity index (χ2n) is 7.41.